The summed E-state index contributed by atoms with van der Waals surface area (Å²) >= 11 is 0. The summed E-state index contributed by atoms with van der Waals surface area (Å²) < 4.78 is 15.0. The van der Waals surface area contributed by atoms with Crippen LogP contribution in [-0.4, -0.2) is 51.3 Å². The Morgan fingerprint density at radius 3 is 2.85 bits per heavy atom. The second-order valence-electron chi connectivity index (χ2n) is 6.98. The smallest absolute Gasteiger partial charge is 0.152 e. The number of hydrogen-bond acceptors (Lipinski definition) is 4. The predicted octanol–water partition coefficient (Wildman–Crippen LogP) is 2.79. The van der Waals surface area contributed by atoms with Crippen LogP contribution >= 0.6 is 0 Å². The van der Waals surface area contributed by atoms with Gasteiger partial charge in [-0.1, -0.05) is 12.1 Å². The largest absolute Gasteiger partial charge is 0.298 e. The number of halogens is 1. The van der Waals surface area contributed by atoms with Gasteiger partial charge in [-0.25, -0.2) is 4.39 Å². The van der Waals surface area contributed by atoms with E-state index in [1.165, 1.54) is 0 Å². The van der Waals surface area contributed by atoms with E-state index in [-0.39, 0.29) is 12.2 Å². The molecule has 3 aromatic rings. The minimum atomic E-state index is -0.799. The summed E-state index contributed by atoms with van der Waals surface area (Å²) in [5.41, 5.74) is 2.89. The number of nitrogens with zero attached hydrogens (tertiary/aromatic N) is 4. The van der Waals surface area contributed by atoms with E-state index < -0.39 is 6.17 Å². The van der Waals surface area contributed by atoms with Crippen molar-refractivity contribution in [3.05, 3.63) is 48.5 Å². The Balaban J connectivity index is 1.51. The summed E-state index contributed by atoms with van der Waals surface area (Å²) in [4.78, 5) is 18.6. The number of fused-ring (bicyclic) bond motifs is 1. The van der Waals surface area contributed by atoms with Gasteiger partial charge in [-0.05, 0) is 29.5 Å². The monoisotopic (exact) mass is 352 g/mol. The van der Waals surface area contributed by atoms with E-state index in [2.05, 4.69) is 16.1 Å². The summed E-state index contributed by atoms with van der Waals surface area (Å²) in [5.74, 6) is 0.0781. The second-order valence-corrected chi connectivity index (χ2v) is 6.98. The SMILES string of the molecule is Cn1cc(-c2ccc3cnc(CC(=O)CN4CC[C@H](F)C4)cc3c2)cn1. The Morgan fingerprint density at radius 2 is 2.12 bits per heavy atom. The van der Waals surface area contributed by atoms with Crippen LogP contribution in [0.25, 0.3) is 21.9 Å². The molecule has 1 fully saturated rings. The molecule has 5 nitrogen and oxygen atoms in total. The first-order chi connectivity index (χ1) is 12.6. The molecule has 0 saturated carbocycles. The van der Waals surface area contributed by atoms with Gasteiger partial charge in [0.15, 0.2) is 5.78 Å². The van der Waals surface area contributed by atoms with Crippen molar-refractivity contribution in [2.24, 2.45) is 7.05 Å². The zero-order valence-electron chi connectivity index (χ0n) is 14.7. The number of benzene rings is 1. The van der Waals surface area contributed by atoms with Gasteiger partial charge in [0, 0.05) is 49.2 Å². The van der Waals surface area contributed by atoms with E-state index in [1.807, 2.05) is 42.5 Å². The summed E-state index contributed by atoms with van der Waals surface area (Å²) in [7, 11) is 1.89. The molecule has 1 atom stereocenters. The van der Waals surface area contributed by atoms with Gasteiger partial charge in [0.05, 0.1) is 19.2 Å². The van der Waals surface area contributed by atoms with Crippen LogP contribution < -0.4 is 0 Å². The van der Waals surface area contributed by atoms with E-state index >= 15 is 0 Å². The number of aryl methyl sites for hydroxylation is 1. The molecule has 0 unspecified atom stereocenters. The topological polar surface area (TPSA) is 51.0 Å². The van der Waals surface area contributed by atoms with Crippen molar-refractivity contribution in [1.29, 1.82) is 0 Å². The first-order valence-electron chi connectivity index (χ1n) is 8.83. The van der Waals surface area contributed by atoms with Crippen molar-refractivity contribution < 1.29 is 9.18 Å². The molecule has 1 aromatic carbocycles. The first-order valence-corrected chi connectivity index (χ1v) is 8.83. The molecular weight excluding hydrogens is 331 g/mol. The van der Waals surface area contributed by atoms with Crippen LogP contribution in [-0.2, 0) is 18.3 Å². The second kappa shape index (κ2) is 6.96. The molecule has 0 radical (unpaired) electrons. The summed E-state index contributed by atoms with van der Waals surface area (Å²) in [6.45, 7) is 1.33. The van der Waals surface area contributed by atoms with Gasteiger partial charge in [-0.3, -0.25) is 19.4 Å². The summed E-state index contributed by atoms with van der Waals surface area (Å²) in [6.07, 6.45) is 5.62. The number of ketones is 1. The van der Waals surface area contributed by atoms with Crippen LogP contribution in [0, 0.1) is 0 Å². The Labute approximate surface area is 151 Å². The van der Waals surface area contributed by atoms with Crippen LogP contribution in [0.4, 0.5) is 4.39 Å². The highest BCUT2D eigenvalue weighted by atomic mass is 19.1. The molecule has 6 heteroatoms. The zero-order chi connectivity index (χ0) is 18.1. The average molecular weight is 352 g/mol. The number of rotatable bonds is 5. The van der Waals surface area contributed by atoms with Gasteiger partial charge in [0.25, 0.3) is 0 Å². The number of carbonyl (C=O) groups is 1. The lowest BCUT2D eigenvalue weighted by atomic mass is 10.0. The highest BCUT2D eigenvalue weighted by Crippen LogP contribution is 2.24. The molecule has 3 heterocycles. The van der Waals surface area contributed by atoms with Crippen LogP contribution in [0.1, 0.15) is 12.1 Å². The molecule has 1 saturated heterocycles. The fourth-order valence-electron chi connectivity index (χ4n) is 3.47. The van der Waals surface area contributed by atoms with E-state index in [0.29, 0.717) is 26.1 Å². The quantitative estimate of drug-likeness (QED) is 0.709. The van der Waals surface area contributed by atoms with Crippen molar-refractivity contribution in [1.82, 2.24) is 19.7 Å². The number of likely N-dealkylation sites (tertiary alicyclic amines) is 1. The first kappa shape index (κ1) is 16.8. The fraction of sp³-hybridized carbons (Fsp3) is 0.350. The number of Topliss-reactive ketones (excluding diaryl/α,β-unsaturated/α-hetero) is 1. The maximum atomic E-state index is 13.2. The summed E-state index contributed by atoms with van der Waals surface area (Å²) in [6, 6.07) is 8.14. The molecule has 0 bridgehead atoms. The molecule has 2 aromatic heterocycles. The Morgan fingerprint density at radius 1 is 1.23 bits per heavy atom. The van der Waals surface area contributed by atoms with Crippen molar-refractivity contribution >= 4 is 16.6 Å². The number of hydrogen-bond donors (Lipinski definition) is 0. The third-order valence-corrected chi connectivity index (χ3v) is 4.81. The standard InChI is InChI=1S/C20H21FN4O/c1-24-11-17(10-23-24)14-2-3-15-9-22-19(7-16(15)6-14)8-20(26)13-25-5-4-18(21)12-25/h2-3,6-7,9-11,18H,4-5,8,12-13H2,1H3/t18-/m0/s1. The molecule has 0 N–H and O–H groups in total. The lowest BCUT2D eigenvalue weighted by Crippen LogP contribution is -2.29. The lowest BCUT2D eigenvalue weighted by Gasteiger charge is -2.13. The van der Waals surface area contributed by atoms with Crippen LogP contribution in [0.15, 0.2) is 42.9 Å². The Kier molecular flexibility index (Phi) is 4.51. The molecule has 134 valence electrons. The van der Waals surface area contributed by atoms with Crippen LogP contribution in [0.5, 0.6) is 0 Å². The lowest BCUT2D eigenvalue weighted by molar-refractivity contribution is -0.119. The predicted molar refractivity (Wildman–Crippen MR) is 98.6 cm³/mol. The minimum Gasteiger partial charge on any atom is -0.298 e. The maximum Gasteiger partial charge on any atom is 0.152 e. The molecule has 1 aliphatic rings. The Hall–Kier alpha value is -2.60. The van der Waals surface area contributed by atoms with Gasteiger partial charge >= 0.3 is 0 Å². The molecule has 1 aliphatic heterocycles. The number of alkyl halides is 1. The van der Waals surface area contributed by atoms with Gasteiger partial charge in [-0.2, -0.15) is 5.10 Å². The molecule has 0 spiro atoms. The molecule has 26 heavy (non-hydrogen) atoms. The van der Waals surface area contributed by atoms with Gasteiger partial charge in [0.1, 0.15) is 6.17 Å². The third kappa shape index (κ3) is 3.65. The minimum absolute atomic E-state index is 0.0781. The van der Waals surface area contributed by atoms with Gasteiger partial charge < -0.3 is 0 Å². The summed E-state index contributed by atoms with van der Waals surface area (Å²) in [5, 5.41) is 6.30. The average Bonchev–Trinajstić information content (AvgIpc) is 3.22. The van der Waals surface area contributed by atoms with Crippen molar-refractivity contribution in [2.75, 3.05) is 19.6 Å². The van der Waals surface area contributed by atoms with E-state index in [1.54, 1.807) is 10.9 Å². The number of carbonyl (C=O) groups excluding carboxylic acids is 1. The van der Waals surface area contributed by atoms with E-state index in [9.17, 15) is 9.18 Å². The highest BCUT2D eigenvalue weighted by Gasteiger charge is 2.23. The zero-order valence-corrected chi connectivity index (χ0v) is 14.7. The van der Waals surface area contributed by atoms with Crippen molar-refractivity contribution in [3.63, 3.8) is 0 Å². The fourth-order valence-corrected chi connectivity index (χ4v) is 3.47. The van der Waals surface area contributed by atoms with Crippen molar-refractivity contribution in [2.45, 2.75) is 19.0 Å². The number of aromatic nitrogens is 3. The Bertz CT molecular complexity index is 952. The molecule has 0 amide bonds. The highest BCUT2D eigenvalue weighted by molar-refractivity contribution is 5.88. The normalized spacial score (nSPS) is 17.8. The molecular formula is C20H21FN4O. The van der Waals surface area contributed by atoms with Crippen LogP contribution in [0.3, 0.4) is 0 Å². The maximum absolute atomic E-state index is 13.2. The molecule has 4 rings (SSSR count). The number of pyridine rings is 1. The van der Waals surface area contributed by atoms with Crippen molar-refractivity contribution in [3.8, 4) is 11.1 Å². The van der Waals surface area contributed by atoms with Crippen LogP contribution in [0.2, 0.25) is 0 Å². The van der Waals surface area contributed by atoms with Gasteiger partial charge in [-0.15, -0.1) is 0 Å². The third-order valence-electron chi connectivity index (χ3n) is 4.81. The van der Waals surface area contributed by atoms with Gasteiger partial charge in [0.2, 0.25) is 0 Å². The van der Waals surface area contributed by atoms with E-state index in [0.717, 1.165) is 27.6 Å². The molecule has 0 aliphatic carbocycles. The van der Waals surface area contributed by atoms with E-state index in [4.69, 9.17) is 0 Å².